The van der Waals surface area contributed by atoms with Gasteiger partial charge in [-0.3, -0.25) is 9.59 Å². The van der Waals surface area contributed by atoms with E-state index in [0.717, 1.165) is 0 Å². The second kappa shape index (κ2) is 8.21. The van der Waals surface area contributed by atoms with Crippen molar-refractivity contribution in [1.82, 2.24) is 5.32 Å². The fraction of sp³-hybridized carbons (Fsp3) is 0.857. The Hall–Kier alpha value is -1.14. The first-order chi connectivity index (χ1) is 9.43. The van der Waals surface area contributed by atoms with Gasteiger partial charge in [-0.25, -0.2) is 0 Å². The summed E-state index contributed by atoms with van der Waals surface area (Å²) in [5.74, 6) is -1.00. The maximum absolute atomic E-state index is 11.9. The van der Waals surface area contributed by atoms with Gasteiger partial charge in [-0.15, -0.1) is 0 Å². The molecule has 1 amide bonds. The zero-order chi connectivity index (χ0) is 15.0. The summed E-state index contributed by atoms with van der Waals surface area (Å²) in [5.41, 5.74) is -0.653. The Bertz CT molecular complexity index is 324. The third-order valence-electron chi connectivity index (χ3n) is 3.34. The van der Waals surface area contributed by atoms with Crippen LogP contribution in [0.15, 0.2) is 0 Å². The first-order valence-electron chi connectivity index (χ1n) is 7.16. The highest BCUT2D eigenvalue weighted by Gasteiger charge is 2.36. The monoisotopic (exact) mass is 287 g/mol. The first-order valence-corrected chi connectivity index (χ1v) is 7.16. The Morgan fingerprint density at radius 3 is 2.55 bits per heavy atom. The quantitative estimate of drug-likeness (QED) is 0.658. The summed E-state index contributed by atoms with van der Waals surface area (Å²) in [4.78, 5) is 22.9. The van der Waals surface area contributed by atoms with Crippen LogP contribution in [-0.4, -0.2) is 48.4 Å². The average Bonchev–Trinajstić information content (AvgIpc) is 2.34. The molecule has 0 aliphatic carbocycles. The summed E-state index contributed by atoms with van der Waals surface area (Å²) in [6, 6.07) is 0. The zero-order valence-electron chi connectivity index (χ0n) is 12.3. The molecule has 20 heavy (non-hydrogen) atoms. The van der Waals surface area contributed by atoms with Gasteiger partial charge in [-0.2, -0.15) is 0 Å². The molecule has 0 atom stereocenters. The van der Waals surface area contributed by atoms with Crippen molar-refractivity contribution in [1.29, 1.82) is 0 Å². The third-order valence-corrected chi connectivity index (χ3v) is 3.34. The van der Waals surface area contributed by atoms with Crippen LogP contribution in [0.1, 0.15) is 46.0 Å². The third kappa shape index (κ3) is 6.34. The van der Waals surface area contributed by atoms with Crippen LogP contribution in [0.4, 0.5) is 0 Å². The minimum absolute atomic E-state index is 0.0510. The number of carbonyl (C=O) groups excluding carboxylic acids is 1. The minimum atomic E-state index is -0.893. The number of aliphatic carboxylic acids is 1. The molecule has 0 radical (unpaired) electrons. The van der Waals surface area contributed by atoms with E-state index in [9.17, 15) is 9.59 Å². The number of rotatable bonds is 8. The number of carboxylic acids is 1. The molecule has 1 aliphatic rings. The number of amides is 1. The zero-order valence-corrected chi connectivity index (χ0v) is 12.3. The number of carboxylic acid groups (broad SMARTS) is 1. The number of carbonyl (C=O) groups is 2. The molecule has 0 spiro atoms. The molecule has 1 aliphatic heterocycles. The summed E-state index contributed by atoms with van der Waals surface area (Å²) in [5, 5.41) is 11.9. The Morgan fingerprint density at radius 1 is 1.35 bits per heavy atom. The summed E-state index contributed by atoms with van der Waals surface area (Å²) in [7, 11) is 0. The lowest BCUT2D eigenvalue weighted by Crippen LogP contribution is -2.53. The molecule has 6 heteroatoms. The van der Waals surface area contributed by atoms with Gasteiger partial charge in [0, 0.05) is 26.2 Å². The highest BCUT2D eigenvalue weighted by Crippen LogP contribution is 2.24. The van der Waals surface area contributed by atoms with E-state index in [1.807, 2.05) is 13.8 Å². The fourth-order valence-corrected chi connectivity index (χ4v) is 2.31. The Balaban J connectivity index is 2.40. The molecule has 1 heterocycles. The number of nitrogens with one attached hydrogen (secondary N) is 1. The van der Waals surface area contributed by atoms with Gasteiger partial charge in [0.1, 0.15) is 0 Å². The van der Waals surface area contributed by atoms with E-state index < -0.39 is 11.5 Å². The van der Waals surface area contributed by atoms with E-state index in [1.54, 1.807) is 0 Å². The second-order valence-electron chi connectivity index (χ2n) is 5.53. The predicted octanol–water partition coefficient (Wildman–Crippen LogP) is 1.33. The summed E-state index contributed by atoms with van der Waals surface area (Å²) >= 11 is 0. The lowest BCUT2D eigenvalue weighted by molar-refractivity contribution is -0.140. The van der Waals surface area contributed by atoms with Crippen LogP contribution in [-0.2, 0) is 19.1 Å². The first kappa shape index (κ1) is 16.9. The van der Waals surface area contributed by atoms with Crippen molar-refractivity contribution in [2.45, 2.75) is 57.6 Å². The molecule has 6 nitrogen and oxygen atoms in total. The van der Waals surface area contributed by atoms with Crippen molar-refractivity contribution >= 4 is 11.9 Å². The highest BCUT2D eigenvalue weighted by molar-refractivity contribution is 5.78. The van der Waals surface area contributed by atoms with Gasteiger partial charge >= 0.3 is 5.97 Å². The number of ether oxygens (including phenoxy) is 2. The molecule has 2 N–H and O–H groups in total. The van der Waals surface area contributed by atoms with E-state index in [1.165, 1.54) is 0 Å². The summed E-state index contributed by atoms with van der Waals surface area (Å²) < 4.78 is 10.6. The van der Waals surface area contributed by atoms with Crippen LogP contribution in [0, 0.1) is 0 Å². The molecule has 0 unspecified atom stereocenters. The molecular formula is C14H25NO5. The normalized spacial score (nSPS) is 17.9. The maximum atomic E-state index is 11.9. The van der Waals surface area contributed by atoms with E-state index in [0.29, 0.717) is 45.5 Å². The lowest BCUT2D eigenvalue weighted by Gasteiger charge is -2.36. The molecule has 1 saturated heterocycles. The largest absolute Gasteiger partial charge is 0.481 e. The number of hydrogen-bond donors (Lipinski definition) is 2. The molecular weight excluding hydrogens is 262 g/mol. The molecule has 0 bridgehead atoms. The smallest absolute Gasteiger partial charge is 0.305 e. The van der Waals surface area contributed by atoms with Crippen LogP contribution in [0.2, 0.25) is 0 Å². The molecule has 0 aromatic rings. The maximum Gasteiger partial charge on any atom is 0.305 e. The standard InChI is InChI=1S/C14H25NO5/c1-11(2)20-7-3-4-12(16)15-14(10-13(17)18)5-8-19-9-6-14/h11H,3-10H2,1-2H3,(H,15,16)(H,17,18). The van der Waals surface area contributed by atoms with E-state index in [-0.39, 0.29) is 18.4 Å². The van der Waals surface area contributed by atoms with Crippen molar-refractivity contribution in [2.75, 3.05) is 19.8 Å². The summed E-state index contributed by atoms with van der Waals surface area (Å²) in [6.07, 6.45) is 2.21. The van der Waals surface area contributed by atoms with Gasteiger partial charge < -0.3 is 19.9 Å². The average molecular weight is 287 g/mol. The Morgan fingerprint density at radius 2 is 2.00 bits per heavy atom. The van der Waals surface area contributed by atoms with Crippen LogP contribution in [0.3, 0.4) is 0 Å². The van der Waals surface area contributed by atoms with Crippen molar-refractivity contribution in [3.05, 3.63) is 0 Å². The van der Waals surface area contributed by atoms with Gasteiger partial charge in [0.25, 0.3) is 0 Å². The molecule has 1 fully saturated rings. The Kier molecular flexibility index (Phi) is 6.95. The van der Waals surface area contributed by atoms with E-state index in [2.05, 4.69) is 5.32 Å². The van der Waals surface area contributed by atoms with Crippen molar-refractivity contribution in [3.63, 3.8) is 0 Å². The minimum Gasteiger partial charge on any atom is -0.481 e. The molecule has 116 valence electrons. The van der Waals surface area contributed by atoms with Gasteiger partial charge in [0.2, 0.25) is 5.91 Å². The van der Waals surface area contributed by atoms with Gasteiger partial charge in [-0.1, -0.05) is 0 Å². The molecule has 0 aromatic heterocycles. The van der Waals surface area contributed by atoms with Crippen molar-refractivity contribution in [2.24, 2.45) is 0 Å². The molecule has 0 aromatic carbocycles. The second-order valence-corrected chi connectivity index (χ2v) is 5.53. The van der Waals surface area contributed by atoms with Gasteiger partial charge in [0.05, 0.1) is 18.1 Å². The molecule has 1 rings (SSSR count). The van der Waals surface area contributed by atoms with Crippen LogP contribution in [0.5, 0.6) is 0 Å². The lowest BCUT2D eigenvalue weighted by atomic mass is 9.86. The van der Waals surface area contributed by atoms with E-state index in [4.69, 9.17) is 14.6 Å². The predicted molar refractivity (Wildman–Crippen MR) is 73.5 cm³/mol. The van der Waals surface area contributed by atoms with Crippen molar-refractivity contribution < 1.29 is 24.2 Å². The van der Waals surface area contributed by atoms with Crippen LogP contribution < -0.4 is 5.32 Å². The summed E-state index contributed by atoms with van der Waals surface area (Å²) in [6.45, 7) is 5.42. The Labute approximate surface area is 119 Å². The van der Waals surface area contributed by atoms with Crippen molar-refractivity contribution in [3.8, 4) is 0 Å². The van der Waals surface area contributed by atoms with Gasteiger partial charge in [0.15, 0.2) is 0 Å². The van der Waals surface area contributed by atoms with Crippen LogP contribution in [0.25, 0.3) is 0 Å². The van der Waals surface area contributed by atoms with E-state index >= 15 is 0 Å². The van der Waals surface area contributed by atoms with Gasteiger partial charge in [-0.05, 0) is 33.1 Å². The SMILES string of the molecule is CC(C)OCCCC(=O)NC1(CC(=O)O)CCOCC1. The topological polar surface area (TPSA) is 84.9 Å². The highest BCUT2D eigenvalue weighted by atomic mass is 16.5. The number of hydrogen-bond acceptors (Lipinski definition) is 4. The fourth-order valence-electron chi connectivity index (χ4n) is 2.31. The van der Waals surface area contributed by atoms with Crippen LogP contribution >= 0.6 is 0 Å². The molecule has 0 saturated carbocycles.